The lowest BCUT2D eigenvalue weighted by Gasteiger charge is -1.94. The van der Waals surface area contributed by atoms with Gasteiger partial charge >= 0.3 is 0 Å². The highest BCUT2D eigenvalue weighted by molar-refractivity contribution is 4.99. The van der Waals surface area contributed by atoms with Gasteiger partial charge in [0, 0.05) is 0 Å². The Bertz CT molecular complexity index is 79.5. The molecule has 46 valence electrons. The van der Waals surface area contributed by atoms with Crippen LogP contribution < -0.4 is 0 Å². The van der Waals surface area contributed by atoms with Gasteiger partial charge in [-0.3, -0.25) is 0 Å². The summed E-state index contributed by atoms with van der Waals surface area (Å²) in [5.74, 6) is 3.56. The minimum Gasteiger partial charge on any atom is -0.0651 e. The summed E-state index contributed by atoms with van der Waals surface area (Å²) in [6, 6.07) is 0. The maximum absolute atomic E-state index is 2.34. The summed E-state index contributed by atoms with van der Waals surface area (Å²) in [6.45, 7) is 2.34. The van der Waals surface area contributed by atoms with Crippen molar-refractivity contribution in [1.29, 1.82) is 0 Å². The SMILES string of the molecule is CCC1C2CCC[C@H]12. The van der Waals surface area contributed by atoms with Crippen molar-refractivity contribution in [3.8, 4) is 0 Å². The molecule has 0 amide bonds. The molecule has 0 spiro atoms. The molecule has 2 aliphatic carbocycles. The number of fused-ring (bicyclic) bond motifs is 1. The van der Waals surface area contributed by atoms with Crippen LogP contribution in [0.25, 0.3) is 0 Å². The van der Waals surface area contributed by atoms with Crippen LogP contribution in [-0.4, -0.2) is 0 Å². The lowest BCUT2D eigenvalue weighted by atomic mass is 10.1. The van der Waals surface area contributed by atoms with E-state index in [1.165, 1.54) is 30.6 Å². The van der Waals surface area contributed by atoms with Gasteiger partial charge in [0.2, 0.25) is 0 Å². The molecule has 3 atom stereocenters. The minimum absolute atomic E-state index is 1.17. The van der Waals surface area contributed by atoms with Gasteiger partial charge in [0.25, 0.3) is 0 Å². The standard InChI is InChI=1S/C8H14/c1-2-6-7-4-3-5-8(6)7/h6-8H,2-5H2,1H3/t6?,7-,8?/m1/s1. The van der Waals surface area contributed by atoms with Crippen molar-refractivity contribution in [1.82, 2.24) is 0 Å². The fraction of sp³-hybridized carbons (Fsp3) is 1.00. The molecule has 2 saturated carbocycles. The summed E-state index contributed by atoms with van der Waals surface area (Å²) in [5, 5.41) is 0. The predicted octanol–water partition coefficient (Wildman–Crippen LogP) is 2.44. The molecule has 8 heavy (non-hydrogen) atoms. The maximum atomic E-state index is 2.34. The molecule has 2 unspecified atom stereocenters. The van der Waals surface area contributed by atoms with Crippen molar-refractivity contribution in [2.75, 3.05) is 0 Å². The molecule has 0 radical (unpaired) electrons. The van der Waals surface area contributed by atoms with Crippen molar-refractivity contribution in [2.24, 2.45) is 17.8 Å². The van der Waals surface area contributed by atoms with Crippen molar-refractivity contribution in [3.05, 3.63) is 0 Å². The van der Waals surface area contributed by atoms with Crippen LogP contribution in [-0.2, 0) is 0 Å². The first-order valence-electron chi connectivity index (χ1n) is 3.93. The molecular weight excluding hydrogens is 96.1 g/mol. The molecule has 0 saturated heterocycles. The topological polar surface area (TPSA) is 0 Å². The zero-order valence-electron chi connectivity index (χ0n) is 5.56. The number of hydrogen-bond donors (Lipinski definition) is 0. The molecule has 0 aromatic heterocycles. The summed E-state index contributed by atoms with van der Waals surface area (Å²) in [4.78, 5) is 0. The molecule has 0 aliphatic heterocycles. The Morgan fingerprint density at radius 3 is 2.25 bits per heavy atom. The summed E-state index contributed by atoms with van der Waals surface area (Å²) in [5.41, 5.74) is 0. The summed E-state index contributed by atoms with van der Waals surface area (Å²) < 4.78 is 0. The van der Waals surface area contributed by atoms with Crippen molar-refractivity contribution >= 4 is 0 Å². The van der Waals surface area contributed by atoms with Crippen LogP contribution in [0.4, 0.5) is 0 Å². The zero-order chi connectivity index (χ0) is 5.56. The maximum Gasteiger partial charge on any atom is -0.0352 e. The van der Waals surface area contributed by atoms with Gasteiger partial charge in [0.05, 0.1) is 0 Å². The van der Waals surface area contributed by atoms with E-state index in [4.69, 9.17) is 0 Å². The van der Waals surface area contributed by atoms with Crippen LogP contribution in [0.2, 0.25) is 0 Å². The highest BCUT2D eigenvalue weighted by atomic mass is 14.6. The van der Waals surface area contributed by atoms with Crippen molar-refractivity contribution < 1.29 is 0 Å². The third-order valence-corrected chi connectivity index (χ3v) is 3.06. The summed E-state index contributed by atoms with van der Waals surface area (Å²) in [6.07, 6.45) is 6.10. The van der Waals surface area contributed by atoms with Gasteiger partial charge in [-0.2, -0.15) is 0 Å². The molecule has 0 heterocycles. The fourth-order valence-electron chi connectivity index (χ4n) is 2.58. The Kier molecular flexibility index (Phi) is 0.902. The average molecular weight is 110 g/mol. The Morgan fingerprint density at radius 1 is 1.25 bits per heavy atom. The third kappa shape index (κ3) is 0.463. The normalized spacial score (nSPS) is 51.4. The number of rotatable bonds is 1. The minimum atomic E-state index is 1.17. The lowest BCUT2D eigenvalue weighted by Crippen LogP contribution is -1.82. The Labute approximate surface area is 51.3 Å². The predicted molar refractivity (Wildman–Crippen MR) is 34.6 cm³/mol. The molecule has 0 nitrogen and oxygen atoms in total. The molecule has 2 aliphatic rings. The monoisotopic (exact) mass is 110 g/mol. The van der Waals surface area contributed by atoms with Gasteiger partial charge in [-0.05, 0) is 30.6 Å². The van der Waals surface area contributed by atoms with Gasteiger partial charge in [-0.15, -0.1) is 0 Å². The fourth-order valence-corrected chi connectivity index (χ4v) is 2.58. The highest BCUT2D eigenvalue weighted by Gasteiger charge is 2.50. The van der Waals surface area contributed by atoms with Crippen LogP contribution in [0, 0.1) is 17.8 Å². The van der Waals surface area contributed by atoms with Crippen LogP contribution >= 0.6 is 0 Å². The van der Waals surface area contributed by atoms with Crippen LogP contribution in [0.1, 0.15) is 32.6 Å². The van der Waals surface area contributed by atoms with E-state index in [2.05, 4.69) is 6.92 Å². The van der Waals surface area contributed by atoms with Gasteiger partial charge in [-0.1, -0.05) is 19.8 Å². The molecule has 0 aromatic carbocycles. The second-order valence-corrected chi connectivity index (χ2v) is 3.33. The second kappa shape index (κ2) is 1.49. The highest BCUT2D eigenvalue weighted by Crippen LogP contribution is 2.58. The average Bonchev–Trinajstić information content (AvgIpc) is 2.22. The summed E-state index contributed by atoms with van der Waals surface area (Å²) >= 11 is 0. The van der Waals surface area contributed by atoms with Crippen molar-refractivity contribution in [3.63, 3.8) is 0 Å². The van der Waals surface area contributed by atoms with Gasteiger partial charge in [0.1, 0.15) is 0 Å². The lowest BCUT2D eigenvalue weighted by molar-refractivity contribution is 0.575. The van der Waals surface area contributed by atoms with E-state index in [9.17, 15) is 0 Å². The molecule has 0 bridgehead atoms. The Hall–Kier alpha value is 0. The van der Waals surface area contributed by atoms with Crippen LogP contribution in [0.15, 0.2) is 0 Å². The van der Waals surface area contributed by atoms with Gasteiger partial charge in [-0.25, -0.2) is 0 Å². The van der Waals surface area contributed by atoms with E-state index in [-0.39, 0.29) is 0 Å². The third-order valence-electron chi connectivity index (χ3n) is 3.06. The molecule has 2 rings (SSSR count). The Balaban J connectivity index is 1.94. The number of hydrogen-bond acceptors (Lipinski definition) is 0. The molecule has 0 N–H and O–H groups in total. The van der Waals surface area contributed by atoms with E-state index >= 15 is 0 Å². The van der Waals surface area contributed by atoms with Crippen LogP contribution in [0.3, 0.4) is 0 Å². The molecule has 2 fully saturated rings. The second-order valence-electron chi connectivity index (χ2n) is 3.33. The van der Waals surface area contributed by atoms with Crippen LogP contribution in [0.5, 0.6) is 0 Å². The van der Waals surface area contributed by atoms with E-state index < -0.39 is 0 Å². The van der Waals surface area contributed by atoms with Gasteiger partial charge in [0.15, 0.2) is 0 Å². The first-order valence-corrected chi connectivity index (χ1v) is 3.93. The molecule has 0 aromatic rings. The van der Waals surface area contributed by atoms with E-state index in [1.807, 2.05) is 0 Å². The first kappa shape index (κ1) is 4.84. The van der Waals surface area contributed by atoms with Gasteiger partial charge < -0.3 is 0 Å². The molecular formula is C8H14. The quantitative estimate of drug-likeness (QED) is 0.486. The van der Waals surface area contributed by atoms with E-state index in [1.54, 1.807) is 12.8 Å². The first-order chi connectivity index (χ1) is 3.93. The van der Waals surface area contributed by atoms with E-state index in [0.29, 0.717) is 0 Å². The Morgan fingerprint density at radius 2 is 1.88 bits per heavy atom. The smallest absolute Gasteiger partial charge is 0.0352 e. The molecule has 0 heteroatoms. The zero-order valence-corrected chi connectivity index (χ0v) is 5.56. The summed E-state index contributed by atoms with van der Waals surface area (Å²) in [7, 11) is 0. The van der Waals surface area contributed by atoms with Crippen molar-refractivity contribution in [2.45, 2.75) is 32.6 Å². The van der Waals surface area contributed by atoms with E-state index in [0.717, 1.165) is 0 Å². The largest absolute Gasteiger partial charge is 0.0651 e.